The van der Waals surface area contributed by atoms with E-state index in [2.05, 4.69) is 17.6 Å². The Morgan fingerprint density at radius 1 is 1.00 bits per heavy atom. The Hall–Kier alpha value is -3.63. The van der Waals surface area contributed by atoms with Gasteiger partial charge in [-0.25, -0.2) is 4.79 Å². The van der Waals surface area contributed by atoms with E-state index < -0.39 is 47.5 Å². The van der Waals surface area contributed by atoms with Crippen LogP contribution >= 0.6 is 0 Å². The molecule has 0 aliphatic rings. The molecule has 0 saturated carbocycles. The number of nitrogens with two attached hydrogens (primary N) is 1. The summed E-state index contributed by atoms with van der Waals surface area (Å²) in [4.78, 5) is 65.8. The van der Waals surface area contributed by atoms with Crippen LogP contribution in [0.1, 0.15) is 102 Å². The molecular weight excluding hydrogens is 540 g/mol. The summed E-state index contributed by atoms with van der Waals surface area (Å²) >= 11 is 0. The Balaban J connectivity index is 3.53. The number of rotatable bonds is 17. The van der Waals surface area contributed by atoms with Crippen molar-refractivity contribution in [2.24, 2.45) is 5.73 Å². The van der Waals surface area contributed by atoms with Gasteiger partial charge in [0.2, 0.25) is 17.7 Å². The maximum atomic E-state index is 14.2. The molecule has 0 aliphatic carbocycles. The Morgan fingerprint density at radius 2 is 1.69 bits per heavy atom. The highest BCUT2D eigenvalue weighted by molar-refractivity contribution is 5.92. The lowest BCUT2D eigenvalue weighted by Crippen LogP contribution is -2.53. The van der Waals surface area contributed by atoms with Gasteiger partial charge in [0.25, 0.3) is 0 Å². The minimum atomic E-state index is -1.17. The summed E-state index contributed by atoms with van der Waals surface area (Å²) in [5, 5.41) is 5.39. The fourth-order valence-electron chi connectivity index (χ4n) is 4.47. The van der Waals surface area contributed by atoms with Crippen molar-refractivity contribution < 1.29 is 33.4 Å². The summed E-state index contributed by atoms with van der Waals surface area (Å²) in [5.41, 5.74) is 6.98. The van der Waals surface area contributed by atoms with Gasteiger partial charge >= 0.3 is 12.1 Å². The highest BCUT2D eigenvalue weighted by Crippen LogP contribution is 2.27. The zero-order chi connectivity index (χ0) is 31.9. The van der Waals surface area contributed by atoms with Crippen LogP contribution in [0.3, 0.4) is 0 Å². The van der Waals surface area contributed by atoms with Crippen molar-refractivity contribution in [3.63, 3.8) is 0 Å². The van der Waals surface area contributed by atoms with E-state index in [1.54, 1.807) is 27.7 Å². The third-order valence-corrected chi connectivity index (χ3v) is 6.42. The van der Waals surface area contributed by atoms with E-state index >= 15 is 0 Å². The molecule has 236 valence electrons. The van der Waals surface area contributed by atoms with Crippen LogP contribution in [-0.4, -0.2) is 66.0 Å². The second kappa shape index (κ2) is 18.0. The molecule has 11 nitrogen and oxygen atoms in total. The minimum absolute atomic E-state index is 0.0228. The van der Waals surface area contributed by atoms with Crippen molar-refractivity contribution in [1.29, 1.82) is 0 Å². The summed E-state index contributed by atoms with van der Waals surface area (Å²) in [7, 11) is 0. The van der Waals surface area contributed by atoms with Crippen LogP contribution in [0, 0.1) is 13.8 Å². The number of nitrogens with one attached hydrogen (secondary N) is 2. The van der Waals surface area contributed by atoms with Gasteiger partial charge in [-0.15, -0.1) is 0 Å². The predicted octanol–water partition coefficient (Wildman–Crippen LogP) is 3.98. The summed E-state index contributed by atoms with van der Waals surface area (Å²) in [6.07, 6.45) is 2.30. The largest absolute Gasteiger partial charge is 0.466 e. The SMILES string of the molecule is CCCCCCN(C(=O)C(CCC(N)=O)NC(=O)OC(C)(C)C)C(C(=O)NCCC(=O)OCC)c1ccc(C)cc1C. The number of hydrogen-bond donors (Lipinski definition) is 3. The molecule has 1 aromatic carbocycles. The van der Waals surface area contributed by atoms with E-state index in [4.69, 9.17) is 15.2 Å². The van der Waals surface area contributed by atoms with Gasteiger partial charge in [-0.05, 0) is 65.5 Å². The number of ether oxygens (including phenoxy) is 2. The number of amides is 4. The fourth-order valence-corrected chi connectivity index (χ4v) is 4.47. The molecule has 0 radical (unpaired) electrons. The van der Waals surface area contributed by atoms with Crippen molar-refractivity contribution in [1.82, 2.24) is 15.5 Å². The van der Waals surface area contributed by atoms with Crippen molar-refractivity contribution in [3.05, 3.63) is 34.9 Å². The lowest BCUT2D eigenvalue weighted by molar-refractivity contribution is -0.144. The molecule has 0 bridgehead atoms. The Bertz CT molecular complexity index is 1070. The van der Waals surface area contributed by atoms with Gasteiger partial charge < -0.3 is 30.7 Å². The van der Waals surface area contributed by atoms with Gasteiger partial charge in [0.05, 0.1) is 13.0 Å². The number of benzene rings is 1. The second-order valence-corrected chi connectivity index (χ2v) is 11.4. The third-order valence-electron chi connectivity index (χ3n) is 6.42. The van der Waals surface area contributed by atoms with E-state index in [9.17, 15) is 24.0 Å². The summed E-state index contributed by atoms with van der Waals surface area (Å²) in [6, 6.07) is 3.38. The smallest absolute Gasteiger partial charge is 0.408 e. The van der Waals surface area contributed by atoms with E-state index in [1.165, 1.54) is 4.90 Å². The first kappa shape index (κ1) is 36.4. The maximum absolute atomic E-state index is 14.2. The molecule has 42 heavy (non-hydrogen) atoms. The fraction of sp³-hybridized carbons (Fsp3) is 0.645. The van der Waals surface area contributed by atoms with Gasteiger partial charge in [-0.1, -0.05) is 49.9 Å². The zero-order valence-electron chi connectivity index (χ0n) is 26.3. The van der Waals surface area contributed by atoms with Crippen molar-refractivity contribution >= 4 is 29.8 Å². The van der Waals surface area contributed by atoms with Crippen LogP contribution < -0.4 is 16.4 Å². The van der Waals surface area contributed by atoms with E-state index in [0.717, 1.165) is 30.4 Å². The standard InChI is InChI=1S/C31H50N4O7/c1-8-10-11-12-19-35(29(39)24(15-16-25(32)36)34-30(40)42-31(5,6)7)27(23-14-13-21(3)20-22(23)4)28(38)33-18-17-26(37)41-9-2/h13-14,20,24,27H,8-12,15-19H2,1-7H3,(H2,32,36)(H,33,38)(H,34,40). The second-order valence-electron chi connectivity index (χ2n) is 11.4. The van der Waals surface area contributed by atoms with Gasteiger partial charge in [-0.3, -0.25) is 19.2 Å². The maximum Gasteiger partial charge on any atom is 0.408 e. The van der Waals surface area contributed by atoms with Crippen molar-refractivity contribution in [2.45, 2.75) is 111 Å². The minimum Gasteiger partial charge on any atom is -0.466 e. The normalized spacial score (nSPS) is 12.5. The number of primary amides is 1. The Morgan fingerprint density at radius 3 is 2.26 bits per heavy atom. The van der Waals surface area contributed by atoms with E-state index in [0.29, 0.717) is 12.0 Å². The molecule has 4 amide bonds. The molecule has 0 aliphatic heterocycles. The average Bonchev–Trinajstić information content (AvgIpc) is 2.87. The van der Waals surface area contributed by atoms with Gasteiger partial charge in [0, 0.05) is 19.5 Å². The summed E-state index contributed by atoms with van der Waals surface area (Å²) in [5.74, 6) is -2.08. The summed E-state index contributed by atoms with van der Waals surface area (Å²) < 4.78 is 10.3. The molecule has 1 aromatic rings. The van der Waals surface area contributed by atoms with Crippen LogP contribution in [0.5, 0.6) is 0 Å². The van der Waals surface area contributed by atoms with Gasteiger partial charge in [0.1, 0.15) is 17.7 Å². The van der Waals surface area contributed by atoms with Crippen molar-refractivity contribution in [3.8, 4) is 0 Å². The number of carbonyl (C=O) groups excluding carboxylic acids is 5. The molecule has 0 spiro atoms. The zero-order valence-corrected chi connectivity index (χ0v) is 26.3. The number of hydrogen-bond acceptors (Lipinski definition) is 7. The van der Waals surface area contributed by atoms with Crippen LogP contribution in [0.4, 0.5) is 4.79 Å². The predicted molar refractivity (Wildman–Crippen MR) is 160 cm³/mol. The highest BCUT2D eigenvalue weighted by Gasteiger charge is 2.36. The van der Waals surface area contributed by atoms with E-state index in [1.807, 2.05) is 32.0 Å². The number of alkyl carbamates (subject to hydrolysis) is 1. The number of carbonyl (C=O) groups is 5. The monoisotopic (exact) mass is 590 g/mol. The van der Waals surface area contributed by atoms with Crippen LogP contribution in [-0.2, 0) is 28.7 Å². The molecular formula is C31H50N4O7. The topological polar surface area (TPSA) is 157 Å². The number of unbranched alkanes of at least 4 members (excludes halogenated alkanes) is 3. The summed E-state index contributed by atoms with van der Waals surface area (Å²) in [6.45, 7) is 13.2. The van der Waals surface area contributed by atoms with Crippen LogP contribution in [0.25, 0.3) is 0 Å². The lowest BCUT2D eigenvalue weighted by atomic mass is 9.95. The number of esters is 1. The quantitative estimate of drug-likeness (QED) is 0.183. The van der Waals surface area contributed by atoms with Crippen LogP contribution in [0.2, 0.25) is 0 Å². The number of nitrogens with zero attached hydrogens (tertiary/aromatic N) is 1. The van der Waals surface area contributed by atoms with Gasteiger partial charge in [-0.2, -0.15) is 0 Å². The molecule has 0 saturated heterocycles. The van der Waals surface area contributed by atoms with E-state index in [-0.39, 0.29) is 39.0 Å². The van der Waals surface area contributed by atoms with Crippen LogP contribution in [0.15, 0.2) is 18.2 Å². The first-order chi connectivity index (χ1) is 19.7. The Kier molecular flexibility index (Phi) is 15.6. The van der Waals surface area contributed by atoms with Crippen molar-refractivity contribution in [2.75, 3.05) is 19.7 Å². The highest BCUT2D eigenvalue weighted by atomic mass is 16.6. The molecule has 1 rings (SSSR count). The Labute approximate surface area is 250 Å². The molecule has 0 fully saturated rings. The molecule has 0 aromatic heterocycles. The molecule has 4 N–H and O–H groups in total. The lowest BCUT2D eigenvalue weighted by Gasteiger charge is -2.35. The molecule has 2 atom stereocenters. The first-order valence-corrected chi connectivity index (χ1v) is 14.8. The first-order valence-electron chi connectivity index (χ1n) is 14.8. The van der Waals surface area contributed by atoms with Gasteiger partial charge in [0.15, 0.2) is 0 Å². The average molecular weight is 591 g/mol. The third kappa shape index (κ3) is 13.4. The number of aryl methyl sites for hydroxylation is 2. The molecule has 0 heterocycles. The molecule has 11 heteroatoms. The molecule has 2 unspecified atom stereocenters.